The molecule has 5 rings (SSSR count). The van der Waals surface area contributed by atoms with Gasteiger partial charge in [-0.2, -0.15) is 10.2 Å². The Morgan fingerprint density at radius 1 is 1.15 bits per heavy atom. The Labute approximate surface area is 229 Å². The highest BCUT2D eigenvalue weighted by atomic mass is 15.3. The molecule has 1 aliphatic carbocycles. The predicted octanol–water partition coefficient (Wildman–Crippen LogP) is 3.92. The zero-order valence-corrected chi connectivity index (χ0v) is 23.3. The van der Waals surface area contributed by atoms with Gasteiger partial charge < -0.3 is 16.0 Å². The van der Waals surface area contributed by atoms with Crippen LogP contribution in [0.15, 0.2) is 53.9 Å². The number of anilines is 2. The lowest BCUT2D eigenvalue weighted by Crippen LogP contribution is -2.18. The Hall–Kier alpha value is -4.31. The molecule has 0 saturated carbocycles. The summed E-state index contributed by atoms with van der Waals surface area (Å²) in [6, 6.07) is 10.5. The number of aromatic nitrogens is 6. The Morgan fingerprint density at radius 3 is 2.67 bits per heavy atom. The normalized spacial score (nSPS) is 13.4. The van der Waals surface area contributed by atoms with E-state index in [1.54, 1.807) is 6.20 Å². The highest BCUT2D eigenvalue weighted by Gasteiger charge is 2.27. The second-order valence-corrected chi connectivity index (χ2v) is 10.3. The van der Waals surface area contributed by atoms with Gasteiger partial charge in [0, 0.05) is 67.2 Å². The zero-order valence-electron chi connectivity index (χ0n) is 23.3. The fourth-order valence-corrected chi connectivity index (χ4v) is 4.69. The van der Waals surface area contributed by atoms with E-state index in [4.69, 9.17) is 15.8 Å². The molecule has 1 aromatic carbocycles. The number of hydrogen-bond donors (Lipinski definition) is 2. The zero-order chi connectivity index (χ0) is 27.5. The third-order valence-electron chi connectivity index (χ3n) is 6.69. The van der Waals surface area contributed by atoms with E-state index in [1.165, 1.54) is 0 Å². The fraction of sp³-hybridized carbons (Fsp3) is 0.345. The molecule has 0 fully saturated rings. The molecule has 10 heteroatoms. The van der Waals surface area contributed by atoms with Crippen LogP contribution in [0, 0.1) is 0 Å². The molecule has 39 heavy (non-hydrogen) atoms. The van der Waals surface area contributed by atoms with Crippen molar-refractivity contribution in [2.75, 3.05) is 26.0 Å². The van der Waals surface area contributed by atoms with Crippen molar-refractivity contribution in [2.45, 2.75) is 39.3 Å². The standard InChI is InChI=1S/C29H36N10/c1-19(2)31-18-23(16-30)20-6-8-21(9-7-20)28-26-24(35-38(28)5)11-10-22-17-32-29(34-27(22)26)33-25-12-13-39(36-25)15-14-37(3)4/h6-9,12-13,16-19H,10-11,14-15,30H2,1-5H3,(H,32,33,34,36)/b23-16+,31-18?. The second kappa shape index (κ2) is 11.2. The molecule has 0 amide bonds. The highest BCUT2D eigenvalue weighted by Crippen LogP contribution is 2.39. The molecule has 0 saturated heterocycles. The molecule has 4 aromatic rings. The Balaban J connectivity index is 1.45. The van der Waals surface area contributed by atoms with Gasteiger partial charge >= 0.3 is 0 Å². The van der Waals surface area contributed by atoms with Gasteiger partial charge in [0.25, 0.3) is 0 Å². The predicted molar refractivity (Wildman–Crippen MR) is 157 cm³/mol. The SMILES string of the molecule is CC(C)N=C/C(=C\N)c1ccc(-c2c3c(nn2C)CCc2cnc(Nc4ccn(CCN(C)C)n4)nc2-3)cc1. The summed E-state index contributed by atoms with van der Waals surface area (Å²) >= 11 is 0. The number of fused-ring (bicyclic) bond motifs is 3. The van der Waals surface area contributed by atoms with Crippen molar-refractivity contribution in [3.05, 3.63) is 65.7 Å². The molecule has 1 aliphatic rings. The van der Waals surface area contributed by atoms with Crippen molar-refractivity contribution in [3.8, 4) is 22.5 Å². The number of rotatable bonds is 9. The molecule has 3 N–H and O–H groups in total. The molecule has 3 heterocycles. The lowest BCUT2D eigenvalue weighted by Gasteiger charge is -2.17. The molecule has 10 nitrogen and oxygen atoms in total. The maximum atomic E-state index is 5.89. The van der Waals surface area contributed by atoms with Crippen molar-refractivity contribution < 1.29 is 0 Å². The van der Waals surface area contributed by atoms with Crippen LogP contribution in [-0.2, 0) is 26.4 Å². The summed E-state index contributed by atoms with van der Waals surface area (Å²) in [5.74, 6) is 1.24. The van der Waals surface area contributed by atoms with Crippen molar-refractivity contribution in [2.24, 2.45) is 17.8 Å². The van der Waals surface area contributed by atoms with E-state index in [-0.39, 0.29) is 6.04 Å². The van der Waals surface area contributed by atoms with E-state index < -0.39 is 0 Å². The van der Waals surface area contributed by atoms with Gasteiger partial charge in [0.15, 0.2) is 5.82 Å². The molecule has 0 radical (unpaired) electrons. The van der Waals surface area contributed by atoms with Gasteiger partial charge in [-0.1, -0.05) is 24.3 Å². The summed E-state index contributed by atoms with van der Waals surface area (Å²) in [5.41, 5.74) is 14.0. The third kappa shape index (κ3) is 5.75. The van der Waals surface area contributed by atoms with Gasteiger partial charge in [-0.05, 0) is 51.9 Å². The first-order valence-electron chi connectivity index (χ1n) is 13.3. The summed E-state index contributed by atoms with van der Waals surface area (Å²) in [5, 5.41) is 12.8. The van der Waals surface area contributed by atoms with Gasteiger partial charge in [-0.15, -0.1) is 0 Å². The maximum Gasteiger partial charge on any atom is 0.228 e. The van der Waals surface area contributed by atoms with Crippen LogP contribution >= 0.6 is 0 Å². The topological polar surface area (TPSA) is 115 Å². The highest BCUT2D eigenvalue weighted by molar-refractivity contribution is 6.09. The number of aliphatic imine (C=N–C) groups is 1. The number of nitrogens with two attached hydrogens (primary N) is 1. The van der Waals surface area contributed by atoms with Crippen LogP contribution in [0.1, 0.15) is 30.7 Å². The fourth-order valence-electron chi connectivity index (χ4n) is 4.69. The van der Waals surface area contributed by atoms with Crippen molar-refractivity contribution >= 4 is 23.6 Å². The average Bonchev–Trinajstić information content (AvgIpc) is 3.51. The van der Waals surface area contributed by atoms with Gasteiger partial charge in [0.1, 0.15) is 0 Å². The smallest absolute Gasteiger partial charge is 0.228 e. The second-order valence-electron chi connectivity index (χ2n) is 10.3. The van der Waals surface area contributed by atoms with Crippen molar-refractivity contribution in [1.82, 2.24) is 34.4 Å². The monoisotopic (exact) mass is 524 g/mol. The Kier molecular flexibility index (Phi) is 7.56. The van der Waals surface area contributed by atoms with E-state index >= 15 is 0 Å². The number of benzene rings is 1. The number of likely N-dealkylation sites (N-methyl/N-ethyl adjacent to an activating group) is 1. The number of nitrogens with zero attached hydrogens (tertiary/aromatic N) is 8. The van der Waals surface area contributed by atoms with Crippen LogP contribution in [0.2, 0.25) is 0 Å². The van der Waals surface area contributed by atoms with E-state index in [0.29, 0.717) is 5.95 Å². The summed E-state index contributed by atoms with van der Waals surface area (Å²) < 4.78 is 3.87. The maximum absolute atomic E-state index is 5.89. The minimum Gasteiger partial charge on any atom is -0.404 e. The first-order valence-corrected chi connectivity index (χ1v) is 13.3. The molecule has 0 aliphatic heterocycles. The molecule has 0 bridgehead atoms. The van der Waals surface area contributed by atoms with Crippen LogP contribution in [0.25, 0.3) is 28.1 Å². The van der Waals surface area contributed by atoms with Crippen molar-refractivity contribution in [1.29, 1.82) is 0 Å². The Bertz CT molecular complexity index is 1510. The molecular formula is C29H36N10. The molecule has 0 unspecified atom stereocenters. The number of allylic oxidation sites excluding steroid dienone is 1. The van der Waals surface area contributed by atoms with E-state index in [1.807, 2.05) is 54.9 Å². The first-order chi connectivity index (χ1) is 18.8. The van der Waals surface area contributed by atoms with Crippen LogP contribution in [0.4, 0.5) is 11.8 Å². The lowest BCUT2D eigenvalue weighted by atomic mass is 9.91. The molecular weight excluding hydrogens is 488 g/mol. The van der Waals surface area contributed by atoms with Gasteiger partial charge in [0.2, 0.25) is 5.95 Å². The van der Waals surface area contributed by atoms with Gasteiger partial charge in [-0.25, -0.2) is 9.97 Å². The molecule has 3 aromatic heterocycles. The lowest BCUT2D eigenvalue weighted by molar-refractivity contribution is 0.373. The summed E-state index contributed by atoms with van der Waals surface area (Å²) in [7, 11) is 6.09. The van der Waals surface area contributed by atoms with Crippen LogP contribution in [0.5, 0.6) is 0 Å². The number of hydrogen-bond acceptors (Lipinski definition) is 8. The molecule has 0 atom stereocenters. The van der Waals surface area contributed by atoms with E-state index in [9.17, 15) is 0 Å². The number of nitrogens with one attached hydrogen (secondary N) is 1. The quantitative estimate of drug-likeness (QED) is 0.319. The summed E-state index contributed by atoms with van der Waals surface area (Å²) in [6.07, 6.45) is 9.02. The molecule has 0 spiro atoms. The van der Waals surface area contributed by atoms with Gasteiger partial charge in [-0.3, -0.25) is 14.4 Å². The van der Waals surface area contributed by atoms with E-state index in [2.05, 4.69) is 63.7 Å². The van der Waals surface area contributed by atoms with Crippen molar-refractivity contribution in [3.63, 3.8) is 0 Å². The minimum absolute atomic E-state index is 0.209. The first kappa shape index (κ1) is 26.3. The molecule has 202 valence electrons. The summed E-state index contributed by atoms with van der Waals surface area (Å²) in [6.45, 7) is 5.81. The summed E-state index contributed by atoms with van der Waals surface area (Å²) in [4.78, 5) is 16.2. The van der Waals surface area contributed by atoms with Gasteiger partial charge in [0.05, 0.1) is 23.6 Å². The van der Waals surface area contributed by atoms with E-state index in [0.717, 1.165) is 76.7 Å². The van der Waals surface area contributed by atoms with Crippen LogP contribution in [0.3, 0.4) is 0 Å². The third-order valence-corrected chi connectivity index (χ3v) is 6.69. The number of aryl methyl sites for hydroxylation is 3. The largest absolute Gasteiger partial charge is 0.404 e. The minimum atomic E-state index is 0.209. The van der Waals surface area contributed by atoms with Crippen LogP contribution in [-0.4, -0.2) is 67.3 Å². The average molecular weight is 525 g/mol. The Morgan fingerprint density at radius 2 is 1.95 bits per heavy atom. The van der Waals surface area contributed by atoms with Crippen LogP contribution < -0.4 is 11.1 Å².